The molecule has 0 N–H and O–H groups in total. The maximum Gasteiger partial charge on any atom is 0.343 e. The van der Waals surface area contributed by atoms with Crippen molar-refractivity contribution in [3.63, 3.8) is 0 Å². The summed E-state index contributed by atoms with van der Waals surface area (Å²) in [6.07, 6.45) is 3.10. The third kappa shape index (κ3) is 2.74. The highest BCUT2D eigenvalue weighted by atomic mass is 16.6. The minimum absolute atomic E-state index is 0.0865. The molecule has 0 spiro atoms. The van der Waals surface area contributed by atoms with E-state index < -0.39 is 5.97 Å². The summed E-state index contributed by atoms with van der Waals surface area (Å²) in [6, 6.07) is 13.3. The van der Waals surface area contributed by atoms with Gasteiger partial charge in [-0.15, -0.1) is 0 Å². The highest BCUT2D eigenvalue weighted by Crippen LogP contribution is 2.56. The minimum Gasteiger partial charge on any atom is -0.493 e. The lowest BCUT2D eigenvalue weighted by molar-refractivity contribution is -0.123. The summed E-state index contributed by atoms with van der Waals surface area (Å²) in [4.78, 5) is 39.6. The number of anilines is 1. The number of para-hydroxylation sites is 2. The molecule has 2 aromatic rings. The van der Waals surface area contributed by atoms with E-state index in [9.17, 15) is 14.4 Å². The molecular weight excluding hydrogens is 370 g/mol. The van der Waals surface area contributed by atoms with E-state index in [0.29, 0.717) is 34.6 Å². The first-order chi connectivity index (χ1) is 14.1. The number of amides is 2. The highest BCUT2D eigenvalue weighted by molar-refractivity contribution is 6.22. The van der Waals surface area contributed by atoms with Crippen molar-refractivity contribution in [1.29, 1.82) is 0 Å². The van der Waals surface area contributed by atoms with Crippen molar-refractivity contribution in [3.8, 4) is 11.5 Å². The van der Waals surface area contributed by atoms with Gasteiger partial charge < -0.3 is 9.47 Å². The molecule has 4 atom stereocenters. The lowest BCUT2D eigenvalue weighted by atomic mass is 9.81. The number of esters is 1. The van der Waals surface area contributed by atoms with Crippen molar-refractivity contribution in [2.24, 2.45) is 23.7 Å². The van der Waals surface area contributed by atoms with Crippen molar-refractivity contribution in [3.05, 3.63) is 54.1 Å². The van der Waals surface area contributed by atoms with E-state index in [-0.39, 0.29) is 23.7 Å². The van der Waals surface area contributed by atoms with Crippen molar-refractivity contribution in [2.45, 2.75) is 19.3 Å². The molecule has 3 aliphatic rings. The van der Waals surface area contributed by atoms with Gasteiger partial charge in [-0.25, -0.2) is 4.79 Å². The Morgan fingerprint density at radius 2 is 1.48 bits per heavy atom. The molecule has 2 aromatic carbocycles. The maximum absolute atomic E-state index is 12.9. The van der Waals surface area contributed by atoms with E-state index in [1.54, 1.807) is 48.5 Å². The predicted molar refractivity (Wildman–Crippen MR) is 105 cm³/mol. The Kier molecular flexibility index (Phi) is 4.15. The zero-order valence-corrected chi connectivity index (χ0v) is 16.0. The monoisotopic (exact) mass is 391 g/mol. The van der Waals surface area contributed by atoms with Crippen molar-refractivity contribution >= 4 is 23.5 Å². The Labute approximate surface area is 168 Å². The summed E-state index contributed by atoms with van der Waals surface area (Å²) in [5.74, 6) is 0.475. The Morgan fingerprint density at radius 3 is 2.07 bits per heavy atom. The number of imide groups is 1. The van der Waals surface area contributed by atoms with Gasteiger partial charge in [-0.1, -0.05) is 12.1 Å². The molecule has 6 nitrogen and oxygen atoms in total. The fourth-order valence-electron chi connectivity index (χ4n) is 5.27. The van der Waals surface area contributed by atoms with Gasteiger partial charge in [0.15, 0.2) is 11.5 Å². The number of hydrogen-bond donors (Lipinski definition) is 0. The number of hydrogen-bond acceptors (Lipinski definition) is 5. The van der Waals surface area contributed by atoms with Gasteiger partial charge in [0, 0.05) is 0 Å². The van der Waals surface area contributed by atoms with Crippen LogP contribution in [0.5, 0.6) is 11.5 Å². The summed E-state index contributed by atoms with van der Waals surface area (Å²) in [6.45, 7) is 0. The first kappa shape index (κ1) is 17.9. The minimum atomic E-state index is -0.532. The molecular formula is C23H21NO5. The first-order valence-corrected chi connectivity index (χ1v) is 9.91. The fraction of sp³-hybridized carbons (Fsp3) is 0.348. The van der Waals surface area contributed by atoms with Crippen LogP contribution in [0.3, 0.4) is 0 Å². The summed E-state index contributed by atoms with van der Waals surface area (Å²) >= 11 is 0. The average molecular weight is 391 g/mol. The van der Waals surface area contributed by atoms with Gasteiger partial charge in [0.1, 0.15) is 0 Å². The summed E-state index contributed by atoms with van der Waals surface area (Å²) < 4.78 is 10.6. The van der Waals surface area contributed by atoms with Crippen LogP contribution in [0.15, 0.2) is 48.5 Å². The normalized spacial score (nSPS) is 27.3. The molecule has 2 bridgehead atoms. The molecule has 0 radical (unpaired) electrons. The smallest absolute Gasteiger partial charge is 0.343 e. The number of carbonyl (C=O) groups excluding carboxylic acids is 3. The molecule has 6 heteroatoms. The van der Waals surface area contributed by atoms with Gasteiger partial charge >= 0.3 is 5.97 Å². The molecule has 3 fully saturated rings. The SMILES string of the molecule is COc1ccccc1OC(=O)c1ccc(N2C(=O)[C@H]3[C@H]4CC[C@@H](C4)[C@@H]3C2=O)cc1. The molecule has 2 amide bonds. The molecule has 148 valence electrons. The van der Waals surface area contributed by atoms with Crippen molar-refractivity contribution in [1.82, 2.24) is 0 Å². The number of ether oxygens (including phenoxy) is 2. The number of benzene rings is 2. The third-order valence-electron chi connectivity index (χ3n) is 6.56. The second-order valence-electron chi connectivity index (χ2n) is 7.98. The molecule has 29 heavy (non-hydrogen) atoms. The average Bonchev–Trinajstić information content (AvgIpc) is 3.42. The Morgan fingerprint density at radius 1 is 0.897 bits per heavy atom. The van der Waals surface area contributed by atoms with E-state index in [4.69, 9.17) is 9.47 Å². The summed E-state index contributed by atoms with van der Waals surface area (Å²) in [5.41, 5.74) is 0.849. The number of fused-ring (bicyclic) bond motifs is 5. The molecule has 0 unspecified atom stereocenters. The van der Waals surface area contributed by atoms with Crippen molar-refractivity contribution < 1.29 is 23.9 Å². The van der Waals surface area contributed by atoms with E-state index in [0.717, 1.165) is 19.3 Å². The summed E-state index contributed by atoms with van der Waals surface area (Å²) in [5, 5.41) is 0. The number of rotatable bonds is 4. The van der Waals surface area contributed by atoms with E-state index in [1.807, 2.05) is 0 Å². The molecule has 5 rings (SSSR count). The highest BCUT2D eigenvalue weighted by Gasteiger charge is 2.61. The van der Waals surface area contributed by atoms with E-state index >= 15 is 0 Å². The van der Waals surface area contributed by atoms with Crippen molar-refractivity contribution in [2.75, 3.05) is 12.0 Å². The molecule has 1 heterocycles. The first-order valence-electron chi connectivity index (χ1n) is 9.91. The van der Waals surface area contributed by atoms with Crippen LogP contribution in [0, 0.1) is 23.7 Å². The Bertz CT molecular complexity index is 971. The van der Waals surface area contributed by atoms with Gasteiger partial charge in [-0.05, 0) is 67.5 Å². The quantitative estimate of drug-likeness (QED) is 0.453. The Balaban J connectivity index is 1.35. The summed E-state index contributed by atoms with van der Waals surface area (Å²) in [7, 11) is 1.51. The van der Waals surface area contributed by atoms with E-state index in [2.05, 4.69) is 0 Å². The predicted octanol–water partition coefficient (Wildman–Crippen LogP) is 3.45. The third-order valence-corrected chi connectivity index (χ3v) is 6.56. The van der Waals surface area contributed by atoms with Crippen LogP contribution in [0.2, 0.25) is 0 Å². The van der Waals surface area contributed by atoms with Crippen LogP contribution in [-0.2, 0) is 9.59 Å². The second kappa shape index (κ2) is 6.72. The Hall–Kier alpha value is -3.15. The van der Waals surface area contributed by atoms with Crippen LogP contribution in [0.1, 0.15) is 29.6 Å². The van der Waals surface area contributed by atoms with Crippen LogP contribution < -0.4 is 14.4 Å². The van der Waals surface area contributed by atoms with Gasteiger partial charge in [0.05, 0.1) is 30.2 Å². The molecule has 0 aromatic heterocycles. The van der Waals surface area contributed by atoms with Gasteiger partial charge in [0.2, 0.25) is 11.8 Å². The maximum atomic E-state index is 12.9. The number of methoxy groups -OCH3 is 1. The molecule has 1 saturated heterocycles. The number of nitrogens with zero attached hydrogens (tertiary/aromatic N) is 1. The number of carbonyl (C=O) groups is 3. The van der Waals surface area contributed by atoms with Gasteiger partial charge in [-0.3, -0.25) is 14.5 Å². The molecule has 2 aliphatic carbocycles. The largest absolute Gasteiger partial charge is 0.493 e. The fourth-order valence-corrected chi connectivity index (χ4v) is 5.27. The van der Waals surface area contributed by atoms with Gasteiger partial charge in [-0.2, -0.15) is 0 Å². The zero-order chi connectivity index (χ0) is 20.1. The lowest BCUT2D eigenvalue weighted by Crippen LogP contribution is -2.32. The second-order valence-corrected chi connectivity index (χ2v) is 7.98. The van der Waals surface area contributed by atoms with Crippen LogP contribution in [-0.4, -0.2) is 24.9 Å². The van der Waals surface area contributed by atoms with Crippen LogP contribution in [0.4, 0.5) is 5.69 Å². The standard InChI is InChI=1S/C23H21NO5/c1-28-17-4-2-3-5-18(17)29-23(27)13-8-10-16(11-9-13)24-21(25)19-14-6-7-15(12-14)20(19)22(24)26/h2-5,8-11,14-15,19-20H,6-7,12H2,1H3/t14-,15-,19-,20-/m0/s1. The van der Waals surface area contributed by atoms with Gasteiger partial charge in [0.25, 0.3) is 0 Å². The molecule has 1 aliphatic heterocycles. The lowest BCUT2D eigenvalue weighted by Gasteiger charge is -2.19. The molecule has 2 saturated carbocycles. The topological polar surface area (TPSA) is 72.9 Å². The van der Waals surface area contributed by atoms with Crippen LogP contribution >= 0.6 is 0 Å². The zero-order valence-electron chi connectivity index (χ0n) is 16.0. The van der Waals surface area contributed by atoms with Crippen LogP contribution in [0.25, 0.3) is 0 Å². The van der Waals surface area contributed by atoms with E-state index in [1.165, 1.54) is 12.0 Å².